The molecule has 1 heterocycles. The normalized spacial score (nSPS) is 11.4. The Labute approximate surface area is 286 Å². The molecule has 9 rings (SSSR count). The molecule has 0 atom stereocenters. The number of benzene rings is 8. The number of para-hydroxylation sites is 2. The summed E-state index contributed by atoms with van der Waals surface area (Å²) in [6.07, 6.45) is 0. The van der Waals surface area contributed by atoms with E-state index in [-0.39, 0.29) is 0 Å². The number of anilines is 3. The van der Waals surface area contributed by atoms with E-state index in [4.69, 9.17) is 0 Å². The minimum absolute atomic E-state index is 1.12. The van der Waals surface area contributed by atoms with E-state index in [1.54, 1.807) is 0 Å². The number of hydrogen-bond acceptors (Lipinski definition) is 1. The smallest absolute Gasteiger partial charge is 0.0541 e. The van der Waals surface area contributed by atoms with Crippen LogP contribution in [0.5, 0.6) is 0 Å². The van der Waals surface area contributed by atoms with E-state index >= 15 is 0 Å². The van der Waals surface area contributed by atoms with Crippen LogP contribution >= 0.6 is 0 Å². The fourth-order valence-corrected chi connectivity index (χ4v) is 7.36. The summed E-state index contributed by atoms with van der Waals surface area (Å²) in [7, 11) is 0. The molecule has 2 heteroatoms. The topological polar surface area (TPSA) is 8.17 Å². The van der Waals surface area contributed by atoms with Crippen molar-refractivity contribution in [2.24, 2.45) is 0 Å². The van der Waals surface area contributed by atoms with Gasteiger partial charge in [-0.3, -0.25) is 0 Å². The Morgan fingerprint density at radius 2 is 1.02 bits per heavy atom. The molecular weight excluding hydrogens is 593 g/mol. The molecule has 49 heavy (non-hydrogen) atoms. The first-order chi connectivity index (χ1) is 24.2. The van der Waals surface area contributed by atoms with Crippen LogP contribution in [0.3, 0.4) is 0 Å². The van der Waals surface area contributed by atoms with Crippen LogP contribution < -0.4 is 4.90 Å². The highest BCUT2D eigenvalue weighted by Crippen LogP contribution is 2.43. The number of hydrogen-bond donors (Lipinski definition) is 0. The van der Waals surface area contributed by atoms with E-state index < -0.39 is 0 Å². The number of fused-ring (bicyclic) bond motifs is 4. The maximum Gasteiger partial charge on any atom is 0.0541 e. The monoisotopic (exact) mass is 626 g/mol. The summed E-state index contributed by atoms with van der Waals surface area (Å²) < 4.78 is 2.37. The lowest BCUT2D eigenvalue weighted by atomic mass is 9.95. The molecule has 0 fully saturated rings. The largest absolute Gasteiger partial charge is 0.310 e. The Hall–Kier alpha value is -6.38. The molecule has 0 aliphatic rings. The summed E-state index contributed by atoms with van der Waals surface area (Å²) >= 11 is 0. The third-order valence-corrected chi connectivity index (χ3v) is 9.63. The van der Waals surface area contributed by atoms with E-state index in [0.29, 0.717) is 0 Å². The molecule has 0 spiro atoms. The van der Waals surface area contributed by atoms with Gasteiger partial charge in [-0.25, -0.2) is 0 Å². The number of aromatic nitrogens is 1. The van der Waals surface area contributed by atoms with Gasteiger partial charge in [-0.15, -0.1) is 0 Å². The molecule has 0 aliphatic heterocycles. The minimum Gasteiger partial charge on any atom is -0.310 e. The molecule has 0 N–H and O–H groups in total. The van der Waals surface area contributed by atoms with Crippen LogP contribution in [0.4, 0.5) is 17.1 Å². The fraction of sp³-hybridized carbons (Fsp3) is 0.0213. The van der Waals surface area contributed by atoms with Crippen molar-refractivity contribution in [1.82, 2.24) is 4.57 Å². The predicted octanol–water partition coefficient (Wildman–Crippen LogP) is 13.0. The number of aryl methyl sites for hydroxylation is 1. The second kappa shape index (κ2) is 12.0. The Kier molecular flexibility index (Phi) is 7.06. The van der Waals surface area contributed by atoms with Crippen LogP contribution in [0.25, 0.3) is 60.5 Å². The number of rotatable bonds is 6. The molecule has 2 nitrogen and oxygen atoms in total. The van der Waals surface area contributed by atoms with Crippen molar-refractivity contribution in [2.75, 3.05) is 4.90 Å². The molecule has 232 valence electrons. The minimum atomic E-state index is 1.12. The predicted molar refractivity (Wildman–Crippen MR) is 209 cm³/mol. The summed E-state index contributed by atoms with van der Waals surface area (Å²) in [6, 6.07) is 68.0. The highest BCUT2D eigenvalue weighted by Gasteiger charge is 2.18. The third-order valence-electron chi connectivity index (χ3n) is 9.63. The van der Waals surface area contributed by atoms with E-state index in [1.165, 1.54) is 66.1 Å². The Balaban J connectivity index is 1.21. The maximum absolute atomic E-state index is 2.39. The van der Waals surface area contributed by atoms with Crippen molar-refractivity contribution in [1.29, 1.82) is 0 Å². The summed E-state index contributed by atoms with van der Waals surface area (Å²) in [4.78, 5) is 2.39. The van der Waals surface area contributed by atoms with E-state index in [2.05, 4.69) is 204 Å². The zero-order valence-corrected chi connectivity index (χ0v) is 27.3. The molecule has 0 bridgehead atoms. The average Bonchev–Trinajstić information content (AvgIpc) is 3.49. The first-order valence-corrected chi connectivity index (χ1v) is 16.9. The van der Waals surface area contributed by atoms with Crippen LogP contribution in [-0.4, -0.2) is 4.57 Å². The van der Waals surface area contributed by atoms with Crippen molar-refractivity contribution in [3.63, 3.8) is 0 Å². The average molecular weight is 627 g/mol. The third kappa shape index (κ3) is 5.06. The SMILES string of the molecule is Cc1cccc(N(c2ccc(-c3ccccc3)cc2)c2cccc3c(-c4ccc5c(c4)c4ccccc4n5-c4ccccc4)cccc23)c1. The van der Waals surface area contributed by atoms with E-state index in [9.17, 15) is 0 Å². The molecule has 0 aliphatic carbocycles. The summed E-state index contributed by atoms with van der Waals surface area (Å²) in [5.74, 6) is 0. The second-order valence-corrected chi connectivity index (χ2v) is 12.7. The summed E-state index contributed by atoms with van der Waals surface area (Å²) in [5, 5.41) is 4.95. The second-order valence-electron chi connectivity index (χ2n) is 12.7. The van der Waals surface area contributed by atoms with Crippen molar-refractivity contribution in [3.05, 3.63) is 194 Å². The lowest BCUT2D eigenvalue weighted by Crippen LogP contribution is -2.10. The van der Waals surface area contributed by atoms with Gasteiger partial charge in [0, 0.05) is 33.2 Å². The van der Waals surface area contributed by atoms with Gasteiger partial charge in [0.1, 0.15) is 0 Å². The van der Waals surface area contributed by atoms with Gasteiger partial charge in [0.2, 0.25) is 0 Å². The van der Waals surface area contributed by atoms with Gasteiger partial charge >= 0.3 is 0 Å². The zero-order chi connectivity index (χ0) is 32.7. The maximum atomic E-state index is 2.39. The van der Waals surface area contributed by atoms with E-state index in [0.717, 1.165) is 17.1 Å². The highest BCUT2D eigenvalue weighted by molar-refractivity contribution is 6.12. The lowest BCUT2D eigenvalue weighted by molar-refractivity contribution is 1.18. The molecule has 0 amide bonds. The molecule has 9 aromatic rings. The van der Waals surface area contributed by atoms with E-state index in [1.807, 2.05) is 0 Å². The summed E-state index contributed by atoms with van der Waals surface area (Å²) in [6.45, 7) is 2.16. The molecule has 0 saturated carbocycles. The van der Waals surface area contributed by atoms with Gasteiger partial charge in [0.15, 0.2) is 0 Å². The Morgan fingerprint density at radius 1 is 0.388 bits per heavy atom. The standard InChI is InChI=1S/C47H34N2/c1-33-13-10-18-39(31-33)48(38-28-25-35(26-29-38)34-14-4-2-5-15-34)45-24-12-21-41-40(20-11-22-42(41)45)36-27-30-47-44(32-36)43-19-8-9-23-46(43)49(47)37-16-6-3-7-17-37/h2-32H,1H3. The quantitative estimate of drug-likeness (QED) is 0.178. The summed E-state index contributed by atoms with van der Waals surface area (Å²) in [5.41, 5.74) is 13.1. The fourth-order valence-electron chi connectivity index (χ4n) is 7.36. The first kappa shape index (κ1) is 28.8. The van der Waals surface area contributed by atoms with Crippen molar-refractivity contribution in [2.45, 2.75) is 6.92 Å². The van der Waals surface area contributed by atoms with Gasteiger partial charge in [0.05, 0.1) is 16.7 Å². The molecular formula is C47H34N2. The van der Waals surface area contributed by atoms with Gasteiger partial charge in [-0.1, -0.05) is 127 Å². The van der Waals surface area contributed by atoms with Crippen molar-refractivity contribution in [3.8, 4) is 27.9 Å². The molecule has 1 aromatic heterocycles. The van der Waals surface area contributed by atoms with Crippen LogP contribution in [-0.2, 0) is 0 Å². The van der Waals surface area contributed by atoms with Crippen LogP contribution in [0.2, 0.25) is 0 Å². The molecule has 0 saturated heterocycles. The van der Waals surface area contributed by atoms with Crippen molar-refractivity contribution < 1.29 is 0 Å². The molecule has 0 unspecified atom stereocenters. The van der Waals surface area contributed by atoms with Crippen LogP contribution in [0.15, 0.2) is 188 Å². The highest BCUT2D eigenvalue weighted by atomic mass is 15.1. The lowest BCUT2D eigenvalue weighted by Gasteiger charge is -2.27. The Bertz CT molecular complexity index is 2600. The number of nitrogens with zero attached hydrogens (tertiary/aromatic N) is 2. The van der Waals surface area contributed by atoms with Gasteiger partial charge in [0.25, 0.3) is 0 Å². The van der Waals surface area contributed by atoms with Crippen LogP contribution in [0.1, 0.15) is 5.56 Å². The van der Waals surface area contributed by atoms with Gasteiger partial charge < -0.3 is 9.47 Å². The van der Waals surface area contributed by atoms with Gasteiger partial charge in [-0.05, 0) is 101 Å². The Morgan fingerprint density at radius 3 is 1.84 bits per heavy atom. The molecule has 0 radical (unpaired) electrons. The zero-order valence-electron chi connectivity index (χ0n) is 27.3. The first-order valence-electron chi connectivity index (χ1n) is 16.9. The van der Waals surface area contributed by atoms with Crippen LogP contribution in [0, 0.1) is 6.92 Å². The van der Waals surface area contributed by atoms with Crippen molar-refractivity contribution >= 4 is 49.6 Å². The molecule has 8 aromatic carbocycles. The van der Waals surface area contributed by atoms with Gasteiger partial charge in [-0.2, -0.15) is 0 Å².